The van der Waals surface area contributed by atoms with Crippen molar-refractivity contribution in [1.29, 1.82) is 0 Å². The molecule has 1 unspecified atom stereocenters. The van der Waals surface area contributed by atoms with Crippen LogP contribution in [0.5, 0.6) is 11.5 Å². The minimum absolute atomic E-state index is 0.359. The number of hydrogen-bond acceptors (Lipinski definition) is 5. The zero-order valence-electron chi connectivity index (χ0n) is 10.3. The van der Waals surface area contributed by atoms with Crippen molar-refractivity contribution in [3.05, 3.63) is 22.2 Å². The fraction of sp³-hybridized carbons (Fsp3) is 0.455. The van der Waals surface area contributed by atoms with E-state index in [1.165, 1.54) is 14.2 Å². The molecular formula is C11H15BrO5S. The van der Waals surface area contributed by atoms with Gasteiger partial charge in [0.05, 0.1) is 26.1 Å². The second-order valence-corrected chi connectivity index (χ2v) is 6.79. The predicted octanol–water partition coefficient (Wildman–Crippen LogP) is 1.54. The zero-order valence-corrected chi connectivity index (χ0v) is 12.7. The van der Waals surface area contributed by atoms with E-state index in [0.717, 1.165) is 6.26 Å². The Morgan fingerprint density at radius 1 is 1.33 bits per heavy atom. The molecule has 1 aromatic rings. The fourth-order valence-corrected chi connectivity index (χ4v) is 2.99. The maximum absolute atomic E-state index is 11.2. The van der Waals surface area contributed by atoms with Crippen LogP contribution >= 0.6 is 15.9 Å². The first-order valence-electron chi connectivity index (χ1n) is 5.06. The lowest BCUT2D eigenvalue weighted by Gasteiger charge is -2.17. The maximum atomic E-state index is 11.2. The van der Waals surface area contributed by atoms with Gasteiger partial charge >= 0.3 is 0 Å². The van der Waals surface area contributed by atoms with Crippen LogP contribution in [0.25, 0.3) is 0 Å². The highest BCUT2D eigenvalue weighted by atomic mass is 79.9. The Kier molecular flexibility index (Phi) is 5.01. The van der Waals surface area contributed by atoms with E-state index in [-0.39, 0.29) is 5.75 Å². The van der Waals surface area contributed by atoms with Gasteiger partial charge in [-0.3, -0.25) is 0 Å². The van der Waals surface area contributed by atoms with Gasteiger partial charge in [0.25, 0.3) is 0 Å². The van der Waals surface area contributed by atoms with Crippen molar-refractivity contribution in [2.75, 3.05) is 26.2 Å². The molecular weight excluding hydrogens is 324 g/mol. The molecule has 1 atom stereocenters. The second kappa shape index (κ2) is 5.90. The Balaban J connectivity index is 3.21. The first-order valence-corrected chi connectivity index (χ1v) is 7.91. The third-order valence-electron chi connectivity index (χ3n) is 2.34. The van der Waals surface area contributed by atoms with Crippen LogP contribution in [0.1, 0.15) is 11.7 Å². The normalized spacial score (nSPS) is 13.2. The van der Waals surface area contributed by atoms with Crippen molar-refractivity contribution in [2.24, 2.45) is 0 Å². The molecule has 0 heterocycles. The van der Waals surface area contributed by atoms with Crippen LogP contribution in [0.3, 0.4) is 0 Å². The summed E-state index contributed by atoms with van der Waals surface area (Å²) >= 11 is 3.29. The lowest BCUT2D eigenvalue weighted by Crippen LogP contribution is -2.13. The number of aliphatic hydroxyl groups excluding tert-OH is 1. The van der Waals surface area contributed by atoms with Gasteiger partial charge in [0.2, 0.25) is 0 Å². The summed E-state index contributed by atoms with van der Waals surface area (Å²) in [6.07, 6.45) is -0.0708. The van der Waals surface area contributed by atoms with Gasteiger partial charge in [0.15, 0.2) is 0 Å². The lowest BCUT2D eigenvalue weighted by atomic mass is 10.1. The molecule has 0 spiro atoms. The summed E-state index contributed by atoms with van der Waals surface area (Å²) < 4.78 is 33.2. The molecule has 102 valence electrons. The molecule has 1 N–H and O–H groups in total. The smallest absolute Gasteiger partial charge is 0.150 e. The molecule has 0 aliphatic rings. The van der Waals surface area contributed by atoms with Crippen LogP contribution in [-0.4, -0.2) is 39.8 Å². The van der Waals surface area contributed by atoms with Crippen LogP contribution < -0.4 is 9.47 Å². The van der Waals surface area contributed by atoms with Crippen molar-refractivity contribution < 1.29 is 23.0 Å². The van der Waals surface area contributed by atoms with Crippen molar-refractivity contribution in [3.8, 4) is 11.5 Å². The first kappa shape index (κ1) is 15.3. The van der Waals surface area contributed by atoms with Gasteiger partial charge in [-0.15, -0.1) is 0 Å². The number of hydrogen-bond donors (Lipinski definition) is 1. The number of rotatable bonds is 5. The second-order valence-electron chi connectivity index (χ2n) is 3.81. The topological polar surface area (TPSA) is 72.8 Å². The van der Waals surface area contributed by atoms with Gasteiger partial charge in [0, 0.05) is 11.8 Å². The summed E-state index contributed by atoms with van der Waals surface area (Å²) in [6.45, 7) is 0. The highest BCUT2D eigenvalue weighted by Crippen LogP contribution is 2.39. The standard InChI is InChI=1S/C11H15BrO5S/c1-16-9-5-4-7(11(17-2)10(9)12)8(13)6-18(3,14)15/h4-5,8,13H,6H2,1-3H3. The van der Waals surface area contributed by atoms with E-state index < -0.39 is 15.9 Å². The number of benzene rings is 1. The monoisotopic (exact) mass is 338 g/mol. The largest absolute Gasteiger partial charge is 0.495 e. The molecule has 1 aromatic carbocycles. The molecule has 0 fully saturated rings. The van der Waals surface area contributed by atoms with Crippen molar-refractivity contribution in [3.63, 3.8) is 0 Å². The van der Waals surface area contributed by atoms with Gasteiger partial charge in [-0.1, -0.05) is 0 Å². The van der Waals surface area contributed by atoms with Crippen LogP contribution in [0.2, 0.25) is 0 Å². The van der Waals surface area contributed by atoms with Crippen LogP contribution in [0.4, 0.5) is 0 Å². The van der Waals surface area contributed by atoms with E-state index in [1.54, 1.807) is 12.1 Å². The first-order chi connectivity index (χ1) is 8.30. The number of halogens is 1. The molecule has 0 aliphatic carbocycles. The molecule has 0 saturated carbocycles. The molecule has 0 amide bonds. The zero-order chi connectivity index (χ0) is 13.9. The third-order valence-corrected chi connectivity index (χ3v) is 4.01. The molecule has 7 heteroatoms. The molecule has 5 nitrogen and oxygen atoms in total. The van der Waals surface area contributed by atoms with Gasteiger partial charge < -0.3 is 14.6 Å². The number of methoxy groups -OCH3 is 2. The van der Waals surface area contributed by atoms with E-state index >= 15 is 0 Å². The van der Waals surface area contributed by atoms with E-state index in [1.807, 2.05) is 0 Å². The van der Waals surface area contributed by atoms with Gasteiger partial charge in [-0.25, -0.2) is 8.42 Å². The van der Waals surface area contributed by atoms with Crippen LogP contribution in [0.15, 0.2) is 16.6 Å². The van der Waals surface area contributed by atoms with Gasteiger partial charge in [-0.05, 0) is 28.1 Å². The average molecular weight is 339 g/mol. The SMILES string of the molecule is COc1ccc(C(O)CS(C)(=O)=O)c(OC)c1Br. The molecule has 0 radical (unpaired) electrons. The molecule has 1 rings (SSSR count). The summed E-state index contributed by atoms with van der Waals surface area (Å²) in [5.41, 5.74) is 0.399. The highest BCUT2D eigenvalue weighted by Gasteiger charge is 2.21. The van der Waals surface area contributed by atoms with Crippen molar-refractivity contribution >= 4 is 25.8 Å². The predicted molar refractivity (Wildman–Crippen MR) is 71.9 cm³/mol. The van der Waals surface area contributed by atoms with E-state index in [2.05, 4.69) is 15.9 Å². The fourth-order valence-electron chi connectivity index (χ4n) is 1.56. The van der Waals surface area contributed by atoms with Crippen LogP contribution in [0, 0.1) is 0 Å². The summed E-state index contributed by atoms with van der Waals surface area (Å²) in [7, 11) is -0.330. The quantitative estimate of drug-likeness (QED) is 0.881. The third kappa shape index (κ3) is 3.60. The van der Waals surface area contributed by atoms with E-state index in [0.29, 0.717) is 21.5 Å². The Hall–Kier alpha value is -0.790. The highest BCUT2D eigenvalue weighted by molar-refractivity contribution is 9.10. The summed E-state index contributed by atoms with van der Waals surface area (Å²) in [5, 5.41) is 9.94. The van der Waals surface area contributed by atoms with Gasteiger partial charge in [0.1, 0.15) is 25.8 Å². The van der Waals surface area contributed by atoms with E-state index in [4.69, 9.17) is 9.47 Å². The molecule has 0 aromatic heterocycles. The molecule has 0 saturated heterocycles. The average Bonchev–Trinajstić information content (AvgIpc) is 2.26. The summed E-state index contributed by atoms with van der Waals surface area (Å²) in [5.74, 6) is 0.551. The number of ether oxygens (including phenoxy) is 2. The minimum Gasteiger partial charge on any atom is -0.495 e. The lowest BCUT2D eigenvalue weighted by molar-refractivity contribution is 0.196. The Labute approximate surface area is 115 Å². The summed E-state index contributed by atoms with van der Waals surface area (Å²) in [6, 6.07) is 3.21. The number of sulfone groups is 1. The Morgan fingerprint density at radius 3 is 2.39 bits per heavy atom. The minimum atomic E-state index is -3.28. The number of aliphatic hydroxyl groups is 1. The molecule has 18 heavy (non-hydrogen) atoms. The summed E-state index contributed by atoms with van der Waals surface area (Å²) in [4.78, 5) is 0. The van der Waals surface area contributed by atoms with Crippen LogP contribution in [-0.2, 0) is 9.84 Å². The molecule has 0 aliphatic heterocycles. The van der Waals surface area contributed by atoms with Gasteiger partial charge in [-0.2, -0.15) is 0 Å². The Morgan fingerprint density at radius 2 is 1.94 bits per heavy atom. The Bertz CT molecular complexity index is 526. The van der Waals surface area contributed by atoms with E-state index in [9.17, 15) is 13.5 Å². The van der Waals surface area contributed by atoms with Crippen molar-refractivity contribution in [1.82, 2.24) is 0 Å². The van der Waals surface area contributed by atoms with Crippen molar-refractivity contribution in [2.45, 2.75) is 6.10 Å². The maximum Gasteiger partial charge on any atom is 0.150 e. The molecule has 0 bridgehead atoms.